The van der Waals surface area contributed by atoms with Gasteiger partial charge in [-0.2, -0.15) is 0 Å². The first-order valence-corrected chi connectivity index (χ1v) is 11.2. The fourth-order valence-corrected chi connectivity index (χ4v) is 4.16. The standard InChI is InChI=1S/C19H41O3P/c1-7-9-10-11-12-14-17(8-2)18(15-13-16-23-6)19(20-3,21-4)22-5/h17-18,23H,7-16H2,1-6H3. The molecule has 0 aromatic rings. The summed E-state index contributed by atoms with van der Waals surface area (Å²) in [6.45, 7) is 6.83. The molecule has 3 atom stereocenters. The van der Waals surface area contributed by atoms with E-state index in [9.17, 15) is 0 Å². The first-order chi connectivity index (χ1) is 11.2. The number of ether oxygens (including phenoxy) is 3. The molecule has 0 aliphatic carbocycles. The molecular weight excluding hydrogens is 307 g/mol. The summed E-state index contributed by atoms with van der Waals surface area (Å²) in [6, 6.07) is 0. The summed E-state index contributed by atoms with van der Waals surface area (Å²) < 4.78 is 17.1. The molecule has 140 valence electrons. The Bertz CT molecular complexity index is 249. The zero-order valence-electron chi connectivity index (χ0n) is 16.5. The first-order valence-electron chi connectivity index (χ1n) is 9.45. The summed E-state index contributed by atoms with van der Waals surface area (Å²) in [7, 11) is 6.13. The van der Waals surface area contributed by atoms with Gasteiger partial charge in [0, 0.05) is 27.2 Å². The predicted octanol–water partition coefficient (Wildman–Crippen LogP) is 5.67. The highest BCUT2D eigenvalue weighted by Crippen LogP contribution is 2.38. The van der Waals surface area contributed by atoms with Crippen molar-refractivity contribution in [2.75, 3.05) is 34.2 Å². The summed E-state index contributed by atoms with van der Waals surface area (Å²) in [5, 5.41) is 0. The molecule has 0 bridgehead atoms. The van der Waals surface area contributed by atoms with E-state index < -0.39 is 5.97 Å². The SMILES string of the molecule is CCCCCCCC(CC)C(CCCPC)C(OC)(OC)OC. The lowest BCUT2D eigenvalue weighted by atomic mass is 9.81. The third-order valence-corrected chi connectivity index (χ3v) is 5.88. The van der Waals surface area contributed by atoms with Crippen LogP contribution in [0.4, 0.5) is 0 Å². The van der Waals surface area contributed by atoms with Crippen LogP contribution in [0.5, 0.6) is 0 Å². The van der Waals surface area contributed by atoms with Crippen molar-refractivity contribution in [3.05, 3.63) is 0 Å². The molecule has 0 aliphatic heterocycles. The molecule has 0 aromatic carbocycles. The van der Waals surface area contributed by atoms with Gasteiger partial charge in [0.05, 0.1) is 0 Å². The van der Waals surface area contributed by atoms with Crippen molar-refractivity contribution in [1.82, 2.24) is 0 Å². The highest BCUT2D eigenvalue weighted by atomic mass is 31.1. The zero-order chi connectivity index (χ0) is 17.6. The molecule has 0 spiro atoms. The van der Waals surface area contributed by atoms with Crippen molar-refractivity contribution in [3.63, 3.8) is 0 Å². The predicted molar refractivity (Wildman–Crippen MR) is 103 cm³/mol. The zero-order valence-corrected chi connectivity index (χ0v) is 17.5. The number of unbranched alkanes of at least 4 members (excludes halogenated alkanes) is 4. The van der Waals surface area contributed by atoms with Crippen LogP contribution >= 0.6 is 8.58 Å². The molecule has 0 N–H and O–H groups in total. The van der Waals surface area contributed by atoms with Gasteiger partial charge in [0.15, 0.2) is 0 Å². The second kappa shape index (κ2) is 14.6. The van der Waals surface area contributed by atoms with Crippen molar-refractivity contribution in [1.29, 1.82) is 0 Å². The van der Waals surface area contributed by atoms with E-state index in [-0.39, 0.29) is 0 Å². The van der Waals surface area contributed by atoms with Crippen molar-refractivity contribution in [2.24, 2.45) is 11.8 Å². The van der Waals surface area contributed by atoms with Crippen LogP contribution in [0.15, 0.2) is 0 Å². The van der Waals surface area contributed by atoms with E-state index in [0.717, 1.165) is 21.4 Å². The molecule has 0 aromatic heterocycles. The van der Waals surface area contributed by atoms with Gasteiger partial charge in [-0.25, -0.2) is 0 Å². The molecule has 23 heavy (non-hydrogen) atoms. The Morgan fingerprint density at radius 3 is 1.91 bits per heavy atom. The Balaban J connectivity index is 4.82. The van der Waals surface area contributed by atoms with E-state index in [1.54, 1.807) is 21.3 Å². The van der Waals surface area contributed by atoms with Crippen LogP contribution in [0, 0.1) is 11.8 Å². The lowest BCUT2D eigenvalue weighted by Crippen LogP contribution is -2.47. The number of rotatable bonds is 16. The van der Waals surface area contributed by atoms with Gasteiger partial charge in [0.1, 0.15) is 0 Å². The van der Waals surface area contributed by atoms with E-state index in [1.165, 1.54) is 51.1 Å². The minimum Gasteiger partial charge on any atom is -0.331 e. The third kappa shape index (κ3) is 8.29. The molecule has 4 heteroatoms. The molecule has 3 unspecified atom stereocenters. The van der Waals surface area contributed by atoms with Crippen molar-refractivity contribution < 1.29 is 14.2 Å². The number of hydrogen-bond acceptors (Lipinski definition) is 3. The molecular formula is C19H41O3P. The first kappa shape index (κ1) is 23.3. The molecule has 3 nitrogen and oxygen atoms in total. The fraction of sp³-hybridized carbons (Fsp3) is 1.00. The third-order valence-electron chi connectivity index (χ3n) is 5.02. The van der Waals surface area contributed by atoms with Crippen LogP contribution in [0.2, 0.25) is 0 Å². The van der Waals surface area contributed by atoms with E-state index in [2.05, 4.69) is 20.5 Å². The molecule has 0 fully saturated rings. The van der Waals surface area contributed by atoms with E-state index in [4.69, 9.17) is 14.2 Å². The summed E-state index contributed by atoms with van der Waals surface area (Å²) >= 11 is 0. The van der Waals surface area contributed by atoms with Gasteiger partial charge < -0.3 is 14.2 Å². The Morgan fingerprint density at radius 1 is 0.826 bits per heavy atom. The lowest BCUT2D eigenvalue weighted by molar-refractivity contribution is -0.386. The molecule has 0 heterocycles. The maximum absolute atomic E-state index is 5.71. The average molecular weight is 349 g/mol. The topological polar surface area (TPSA) is 27.7 Å². The van der Waals surface area contributed by atoms with Crippen LogP contribution in [0.1, 0.15) is 71.6 Å². The van der Waals surface area contributed by atoms with Crippen LogP contribution in [-0.4, -0.2) is 40.1 Å². The Kier molecular flexibility index (Phi) is 14.8. The fourth-order valence-electron chi connectivity index (χ4n) is 3.60. The minimum atomic E-state index is -0.888. The molecule has 0 rings (SSSR count). The lowest BCUT2D eigenvalue weighted by Gasteiger charge is -2.40. The van der Waals surface area contributed by atoms with Crippen LogP contribution < -0.4 is 0 Å². The van der Waals surface area contributed by atoms with Crippen molar-refractivity contribution >= 4 is 8.58 Å². The Hall–Kier alpha value is 0.310. The molecule has 0 radical (unpaired) electrons. The largest absolute Gasteiger partial charge is 0.331 e. The molecule has 0 amide bonds. The molecule has 0 saturated carbocycles. The van der Waals surface area contributed by atoms with Crippen molar-refractivity contribution in [3.8, 4) is 0 Å². The summed E-state index contributed by atoms with van der Waals surface area (Å²) in [4.78, 5) is 0. The molecule has 0 aliphatic rings. The van der Waals surface area contributed by atoms with Gasteiger partial charge in [-0.1, -0.05) is 52.4 Å². The van der Waals surface area contributed by atoms with Gasteiger partial charge in [-0.15, -0.1) is 8.58 Å². The van der Waals surface area contributed by atoms with Gasteiger partial charge in [0.25, 0.3) is 5.97 Å². The minimum absolute atomic E-state index is 0.301. The van der Waals surface area contributed by atoms with Crippen LogP contribution in [0.25, 0.3) is 0 Å². The quantitative estimate of drug-likeness (QED) is 0.204. The average Bonchev–Trinajstić information content (AvgIpc) is 2.59. The monoisotopic (exact) mass is 348 g/mol. The summed E-state index contributed by atoms with van der Waals surface area (Å²) in [5.41, 5.74) is 0. The maximum atomic E-state index is 5.71. The van der Waals surface area contributed by atoms with Crippen LogP contribution in [0.3, 0.4) is 0 Å². The second-order valence-electron chi connectivity index (χ2n) is 6.44. The smallest absolute Gasteiger partial charge is 0.285 e. The van der Waals surface area contributed by atoms with Gasteiger partial charge in [-0.05, 0) is 38.0 Å². The number of hydrogen-bond donors (Lipinski definition) is 0. The normalized spacial score (nSPS) is 15.4. The van der Waals surface area contributed by atoms with Gasteiger partial charge in [0.2, 0.25) is 0 Å². The Labute approximate surface area is 147 Å². The van der Waals surface area contributed by atoms with Gasteiger partial charge in [-0.3, -0.25) is 0 Å². The number of methoxy groups -OCH3 is 3. The van der Waals surface area contributed by atoms with E-state index in [1.807, 2.05) is 0 Å². The summed E-state index contributed by atoms with van der Waals surface area (Å²) in [6.07, 6.45) is 12.7. The van der Waals surface area contributed by atoms with E-state index in [0.29, 0.717) is 11.8 Å². The Morgan fingerprint density at radius 2 is 1.43 bits per heavy atom. The van der Waals surface area contributed by atoms with Crippen LogP contribution in [-0.2, 0) is 14.2 Å². The maximum Gasteiger partial charge on any atom is 0.285 e. The molecule has 0 saturated heterocycles. The summed E-state index contributed by atoms with van der Waals surface area (Å²) in [5.74, 6) is 0.00714. The van der Waals surface area contributed by atoms with Crippen molar-refractivity contribution in [2.45, 2.75) is 77.6 Å². The second-order valence-corrected chi connectivity index (χ2v) is 7.65. The highest BCUT2D eigenvalue weighted by molar-refractivity contribution is 7.36. The van der Waals surface area contributed by atoms with Gasteiger partial charge >= 0.3 is 0 Å². The highest BCUT2D eigenvalue weighted by Gasteiger charge is 2.43. The van der Waals surface area contributed by atoms with E-state index >= 15 is 0 Å².